The summed E-state index contributed by atoms with van der Waals surface area (Å²) in [6.07, 6.45) is 25.2. The van der Waals surface area contributed by atoms with E-state index >= 15 is 0 Å². The largest absolute Gasteiger partial charge is 0.493 e. The maximum Gasteiger partial charge on any atom is 0.185 e. The molecule has 0 radical (unpaired) electrons. The van der Waals surface area contributed by atoms with Crippen molar-refractivity contribution in [2.24, 2.45) is 0 Å². The van der Waals surface area contributed by atoms with E-state index in [1.807, 2.05) is 66.4 Å². The Morgan fingerprint density at radius 1 is 0.684 bits per heavy atom. The smallest absolute Gasteiger partial charge is 0.185 e. The summed E-state index contributed by atoms with van der Waals surface area (Å²) >= 11 is 1.83. The summed E-state index contributed by atoms with van der Waals surface area (Å²) in [5.41, 5.74) is 1.68. The van der Waals surface area contributed by atoms with Crippen molar-refractivity contribution in [3.05, 3.63) is 65.7 Å². The zero-order chi connectivity index (χ0) is 27.1. The van der Waals surface area contributed by atoms with E-state index in [-0.39, 0.29) is 5.78 Å². The molecule has 0 unspecified atom stereocenters. The fourth-order valence-electron chi connectivity index (χ4n) is 4.60. The van der Waals surface area contributed by atoms with Crippen molar-refractivity contribution >= 4 is 23.6 Å². The van der Waals surface area contributed by atoms with Gasteiger partial charge in [-0.3, -0.25) is 4.79 Å². The highest BCUT2D eigenvalue weighted by atomic mass is 32.2. The van der Waals surface area contributed by atoms with Crippen molar-refractivity contribution in [1.82, 2.24) is 0 Å². The minimum absolute atomic E-state index is 0.0225. The van der Waals surface area contributed by atoms with Crippen molar-refractivity contribution in [2.45, 2.75) is 121 Å². The second-order valence-electron chi connectivity index (χ2n) is 10.4. The first-order valence-corrected chi connectivity index (χ1v) is 16.4. The minimum Gasteiger partial charge on any atom is -0.493 e. The molecule has 0 aliphatic heterocycles. The van der Waals surface area contributed by atoms with Gasteiger partial charge in [-0.25, -0.2) is 0 Å². The Hall–Kier alpha value is -2.00. The van der Waals surface area contributed by atoms with Gasteiger partial charge in [0.1, 0.15) is 5.75 Å². The van der Waals surface area contributed by atoms with Crippen LogP contribution in [-0.4, -0.2) is 18.1 Å². The maximum atomic E-state index is 12.6. The molecular formula is C35H52O2S. The highest BCUT2D eigenvalue weighted by molar-refractivity contribution is 7.99. The van der Waals surface area contributed by atoms with Gasteiger partial charge in [0.15, 0.2) is 5.78 Å². The van der Waals surface area contributed by atoms with Crippen LogP contribution in [0.4, 0.5) is 0 Å². The Morgan fingerprint density at radius 3 is 1.82 bits per heavy atom. The molecule has 0 spiro atoms. The first-order chi connectivity index (χ1) is 18.7. The Kier molecular flexibility index (Phi) is 18.5. The van der Waals surface area contributed by atoms with Crippen LogP contribution in [0.5, 0.6) is 5.75 Å². The Bertz CT molecular complexity index is 887. The van der Waals surface area contributed by atoms with Gasteiger partial charge in [-0.05, 0) is 61.1 Å². The first-order valence-electron chi connectivity index (χ1n) is 15.4. The normalized spacial score (nSPS) is 11.3. The molecular weight excluding hydrogens is 484 g/mol. The summed E-state index contributed by atoms with van der Waals surface area (Å²) in [6, 6.07) is 15.9. The summed E-state index contributed by atoms with van der Waals surface area (Å²) in [4.78, 5) is 13.9. The van der Waals surface area contributed by atoms with Crippen molar-refractivity contribution in [3.63, 3.8) is 0 Å². The average Bonchev–Trinajstić information content (AvgIpc) is 2.95. The number of carbonyl (C=O) groups is 1. The molecule has 0 atom stereocenters. The van der Waals surface area contributed by atoms with Crippen molar-refractivity contribution < 1.29 is 9.53 Å². The summed E-state index contributed by atoms with van der Waals surface area (Å²) in [7, 11) is 0. The van der Waals surface area contributed by atoms with Gasteiger partial charge in [0.25, 0.3) is 0 Å². The Balaban J connectivity index is 1.56. The Labute approximate surface area is 238 Å². The van der Waals surface area contributed by atoms with Crippen LogP contribution in [-0.2, 0) is 0 Å². The predicted octanol–water partition coefficient (Wildman–Crippen LogP) is 11.3. The van der Waals surface area contributed by atoms with E-state index in [1.165, 1.54) is 94.8 Å². The lowest BCUT2D eigenvalue weighted by atomic mass is 10.0. The number of benzene rings is 2. The van der Waals surface area contributed by atoms with Crippen molar-refractivity contribution in [3.8, 4) is 5.75 Å². The molecule has 2 nitrogen and oxygen atoms in total. The number of thioether (sulfide) groups is 1. The average molecular weight is 537 g/mol. The molecule has 0 amide bonds. The van der Waals surface area contributed by atoms with E-state index in [2.05, 4.69) is 13.8 Å². The Morgan fingerprint density at radius 2 is 1.24 bits per heavy atom. The standard InChI is InChI=1S/C35H52O2S/c1-3-5-6-7-8-9-10-11-12-13-14-15-16-17-20-29-37-35-22-19-18-21-32(35)25-28-34(36)31-23-26-33(27-24-31)38-30-4-2/h18-19,21-28H,3-17,20,29-30H2,1-2H3/b28-25+. The number of hydrogen-bond acceptors (Lipinski definition) is 3. The third-order valence-corrected chi connectivity index (χ3v) is 8.17. The fraction of sp³-hybridized carbons (Fsp3) is 0.571. The van der Waals surface area contributed by atoms with Gasteiger partial charge in [-0.1, -0.05) is 122 Å². The monoisotopic (exact) mass is 536 g/mol. The lowest BCUT2D eigenvalue weighted by molar-refractivity contribution is 0.104. The van der Waals surface area contributed by atoms with Gasteiger partial charge in [-0.15, -0.1) is 11.8 Å². The van der Waals surface area contributed by atoms with E-state index in [1.54, 1.807) is 6.08 Å². The molecule has 0 saturated heterocycles. The second kappa shape index (κ2) is 21.9. The lowest BCUT2D eigenvalue weighted by Gasteiger charge is -2.09. The number of carbonyl (C=O) groups excluding carboxylic acids is 1. The molecule has 0 fully saturated rings. The predicted molar refractivity (Wildman–Crippen MR) is 168 cm³/mol. The molecule has 0 bridgehead atoms. The zero-order valence-electron chi connectivity index (χ0n) is 24.2. The summed E-state index contributed by atoms with van der Waals surface area (Å²) in [5, 5.41) is 0. The third-order valence-electron chi connectivity index (χ3n) is 6.95. The molecule has 0 heterocycles. The quantitative estimate of drug-likeness (QED) is 0.0611. The third kappa shape index (κ3) is 14.8. The fourth-order valence-corrected chi connectivity index (χ4v) is 5.37. The van der Waals surface area contributed by atoms with Gasteiger partial charge in [0.05, 0.1) is 6.61 Å². The molecule has 2 rings (SSSR count). The van der Waals surface area contributed by atoms with Crippen LogP contribution in [0.3, 0.4) is 0 Å². The van der Waals surface area contributed by atoms with E-state index < -0.39 is 0 Å². The number of unbranched alkanes of at least 4 members (excludes halogenated alkanes) is 14. The van der Waals surface area contributed by atoms with Crippen LogP contribution < -0.4 is 4.74 Å². The van der Waals surface area contributed by atoms with Crippen LogP contribution in [0, 0.1) is 0 Å². The maximum absolute atomic E-state index is 12.6. The van der Waals surface area contributed by atoms with E-state index in [4.69, 9.17) is 4.74 Å². The van der Waals surface area contributed by atoms with E-state index in [0.29, 0.717) is 0 Å². The minimum atomic E-state index is 0.0225. The molecule has 0 aliphatic rings. The highest BCUT2D eigenvalue weighted by Crippen LogP contribution is 2.22. The summed E-state index contributed by atoms with van der Waals surface area (Å²) < 4.78 is 6.08. The lowest BCUT2D eigenvalue weighted by Crippen LogP contribution is -1.99. The number of para-hydroxylation sites is 1. The topological polar surface area (TPSA) is 26.3 Å². The van der Waals surface area contributed by atoms with Gasteiger partial charge in [0.2, 0.25) is 0 Å². The molecule has 2 aromatic carbocycles. The van der Waals surface area contributed by atoms with Crippen LogP contribution in [0.1, 0.15) is 133 Å². The first kappa shape index (κ1) is 32.2. The van der Waals surface area contributed by atoms with Gasteiger partial charge >= 0.3 is 0 Å². The van der Waals surface area contributed by atoms with Gasteiger partial charge in [0, 0.05) is 16.0 Å². The number of ketones is 1. The van der Waals surface area contributed by atoms with Crippen LogP contribution in [0.25, 0.3) is 6.08 Å². The molecule has 0 saturated carbocycles. The van der Waals surface area contributed by atoms with Gasteiger partial charge in [-0.2, -0.15) is 0 Å². The highest BCUT2D eigenvalue weighted by Gasteiger charge is 2.05. The molecule has 0 aliphatic carbocycles. The SMILES string of the molecule is CCCCCCCCCCCCCCCCCOc1ccccc1/C=C/C(=O)c1ccc(SCCC)cc1. The molecule has 0 N–H and O–H groups in total. The molecule has 38 heavy (non-hydrogen) atoms. The van der Waals surface area contributed by atoms with Crippen LogP contribution in [0.2, 0.25) is 0 Å². The van der Waals surface area contributed by atoms with Gasteiger partial charge < -0.3 is 4.74 Å². The van der Waals surface area contributed by atoms with Crippen molar-refractivity contribution in [1.29, 1.82) is 0 Å². The summed E-state index contributed by atoms with van der Waals surface area (Å²) in [5.74, 6) is 1.98. The number of rotatable bonds is 23. The number of allylic oxidation sites excluding steroid dienone is 1. The molecule has 2 aromatic rings. The molecule has 210 valence electrons. The molecule has 3 heteroatoms. The van der Waals surface area contributed by atoms with E-state index in [0.717, 1.165) is 42.1 Å². The second-order valence-corrected chi connectivity index (χ2v) is 11.6. The summed E-state index contributed by atoms with van der Waals surface area (Å²) in [6.45, 7) is 5.19. The van der Waals surface area contributed by atoms with Crippen molar-refractivity contribution in [2.75, 3.05) is 12.4 Å². The number of ether oxygens (including phenoxy) is 1. The van der Waals surface area contributed by atoms with Crippen LogP contribution >= 0.6 is 11.8 Å². The van der Waals surface area contributed by atoms with Crippen LogP contribution in [0.15, 0.2) is 59.5 Å². The van der Waals surface area contributed by atoms with E-state index in [9.17, 15) is 4.79 Å². The number of hydrogen-bond donors (Lipinski definition) is 0. The zero-order valence-corrected chi connectivity index (χ0v) is 25.0. The molecule has 0 aromatic heterocycles.